The Kier molecular flexibility index (Phi) is 27.7. The highest BCUT2D eigenvalue weighted by Crippen LogP contribution is 2.23. The molecule has 8 atom stereocenters. The van der Waals surface area contributed by atoms with Gasteiger partial charge in [0.15, 0.2) is 0 Å². The van der Waals surface area contributed by atoms with E-state index in [1.807, 2.05) is 0 Å². The molecule has 0 spiro atoms. The van der Waals surface area contributed by atoms with Gasteiger partial charge in [0.1, 0.15) is 48.0 Å². The molecule has 18 N–H and O–H groups in total. The predicted octanol–water partition coefficient (Wildman–Crippen LogP) is -2.99. The first kappa shape index (κ1) is 68.8. The number of carboxylic acid groups (broad SMARTS) is 2. The second-order valence-corrected chi connectivity index (χ2v) is 21.5. The molecule has 1 aliphatic heterocycles. The zero-order chi connectivity index (χ0) is 62.9. The van der Waals surface area contributed by atoms with E-state index in [-0.39, 0.29) is 43.9 Å². The third-order valence-electron chi connectivity index (χ3n) is 13.9. The molecule has 1 aliphatic rings. The standard InChI is InChI=1S/C56H81N13O16/c1-30(2)22-40(55(83)69-21-9-13-43(69)53(81)64-38(18-19-47(75)76)51(79)66-41(56(84)85)24-33-25-59-37-12-6-5-10-35(33)37)65-52(80)42(29-70)67-54(82)48(31(3)4)68-46(74)27-60-44(72)26-62-50(78)39(23-32-14-16-34(71)17-15-32)63-45(73)28-61-49(77)36(58)11-7-8-20-57/h5-6,10,12,14-17,25,30-31,36,38-43,48,59,70-71H,7-9,11,13,18-24,26-29,57-58H2,1-4H3,(H,60,72)(H,61,77)(H,62,78)(H,63,73)(H,64,81)(H,65,80)(H,66,79)(H,67,82)(H,68,74)(H,75,76)(H,84,85)/t36-,38-,39-,40-,41-,42-,43-,48-/m0/s1. The molecule has 0 saturated carbocycles. The number of hydrogen-bond donors (Lipinski definition) is 16. The van der Waals surface area contributed by atoms with Crippen molar-refractivity contribution in [1.29, 1.82) is 0 Å². The van der Waals surface area contributed by atoms with Crippen LogP contribution in [0.4, 0.5) is 0 Å². The number of phenolic OH excluding ortho intramolecular Hbond substituents is 1. The number of aromatic nitrogens is 1. The average Bonchev–Trinajstić information content (AvgIpc) is 4.05. The van der Waals surface area contributed by atoms with Crippen molar-refractivity contribution in [1.82, 2.24) is 57.7 Å². The van der Waals surface area contributed by atoms with Crippen LogP contribution in [0.15, 0.2) is 54.7 Å². The number of aliphatic hydroxyl groups is 1. The summed E-state index contributed by atoms with van der Waals surface area (Å²) in [4.78, 5) is 162. The lowest BCUT2D eigenvalue weighted by atomic mass is 10.0. The van der Waals surface area contributed by atoms with Crippen LogP contribution < -0.4 is 59.3 Å². The number of phenols is 1. The minimum atomic E-state index is -1.68. The molecule has 0 unspecified atom stereocenters. The van der Waals surface area contributed by atoms with E-state index in [2.05, 4.69) is 52.8 Å². The zero-order valence-corrected chi connectivity index (χ0v) is 48.1. The fourth-order valence-corrected chi connectivity index (χ4v) is 9.27. The summed E-state index contributed by atoms with van der Waals surface area (Å²) < 4.78 is 0. The fraction of sp³-hybridized carbons (Fsp3) is 0.536. The number of rotatable bonds is 35. The fourth-order valence-electron chi connectivity index (χ4n) is 9.27. The van der Waals surface area contributed by atoms with Crippen molar-refractivity contribution in [3.8, 4) is 5.75 Å². The van der Waals surface area contributed by atoms with Crippen molar-refractivity contribution in [2.45, 2.75) is 140 Å². The van der Waals surface area contributed by atoms with Crippen molar-refractivity contribution in [3.63, 3.8) is 0 Å². The largest absolute Gasteiger partial charge is 0.508 e. The van der Waals surface area contributed by atoms with Gasteiger partial charge in [0, 0.05) is 42.9 Å². The van der Waals surface area contributed by atoms with Crippen molar-refractivity contribution < 1.29 is 78.0 Å². The number of nitrogens with one attached hydrogen (secondary N) is 10. The maximum absolute atomic E-state index is 14.3. The third-order valence-corrected chi connectivity index (χ3v) is 13.9. The summed E-state index contributed by atoms with van der Waals surface area (Å²) >= 11 is 0. The summed E-state index contributed by atoms with van der Waals surface area (Å²) in [5.41, 5.74) is 13.2. The number of aliphatic hydroxyl groups excluding tert-OH is 1. The van der Waals surface area contributed by atoms with Gasteiger partial charge < -0.3 is 89.6 Å². The van der Waals surface area contributed by atoms with Gasteiger partial charge in [0.25, 0.3) is 0 Å². The van der Waals surface area contributed by atoms with Crippen LogP contribution in [-0.4, -0.2) is 189 Å². The third kappa shape index (κ3) is 22.4. The van der Waals surface area contributed by atoms with E-state index in [0.29, 0.717) is 43.4 Å². The van der Waals surface area contributed by atoms with Gasteiger partial charge in [-0.3, -0.25) is 52.7 Å². The zero-order valence-electron chi connectivity index (χ0n) is 48.1. The van der Waals surface area contributed by atoms with Crippen LogP contribution in [-0.2, 0) is 70.4 Å². The summed E-state index contributed by atoms with van der Waals surface area (Å²) in [5.74, 6) is -11.9. The molecule has 4 rings (SSSR count). The molecule has 0 bridgehead atoms. The minimum absolute atomic E-state index is 0.0167. The van der Waals surface area contributed by atoms with Gasteiger partial charge in [0.2, 0.25) is 59.1 Å². The number of aliphatic carboxylic acids is 2. The number of amides is 10. The number of carboxylic acids is 2. The molecule has 1 aromatic heterocycles. The lowest BCUT2D eigenvalue weighted by Crippen LogP contribution is -2.60. The molecule has 2 aromatic carbocycles. The lowest BCUT2D eigenvalue weighted by Gasteiger charge is -2.31. The number of unbranched alkanes of at least 4 members (excludes halogenated alkanes) is 1. The monoisotopic (exact) mass is 1190 g/mol. The Morgan fingerprint density at radius 2 is 1.28 bits per heavy atom. The van der Waals surface area contributed by atoms with Gasteiger partial charge in [-0.05, 0) is 86.2 Å². The number of nitrogens with two attached hydrogens (primary N) is 2. The Labute approximate surface area is 490 Å². The highest BCUT2D eigenvalue weighted by atomic mass is 16.4. The molecule has 0 radical (unpaired) electrons. The number of aromatic amines is 1. The second kappa shape index (κ2) is 34.2. The van der Waals surface area contributed by atoms with Crippen LogP contribution in [0.25, 0.3) is 10.9 Å². The number of hydrogen-bond acceptors (Lipinski definition) is 16. The van der Waals surface area contributed by atoms with E-state index in [4.69, 9.17) is 11.5 Å². The number of aromatic hydroxyl groups is 1. The van der Waals surface area contributed by atoms with Crippen LogP contribution >= 0.6 is 0 Å². The SMILES string of the molecule is CC(C)C[C@H](NC(=O)[C@H](CO)NC(=O)[C@@H](NC(=O)CNC(=O)CNC(=O)[C@H](Cc1ccc(O)cc1)NC(=O)CNC(=O)[C@@H](N)CCCCN)C(C)C)C(=O)N1CCC[C@H]1C(=O)N[C@@H](CCC(=O)O)C(=O)N[C@@H](Cc1c[nH]c2ccccc12)C(=O)O. The Morgan fingerprint density at radius 1 is 0.659 bits per heavy atom. The van der Waals surface area contributed by atoms with E-state index < -0.39 is 164 Å². The molecule has 466 valence electrons. The first-order valence-electron chi connectivity index (χ1n) is 28.1. The molecule has 2 heterocycles. The molecular formula is C56H81N13O16. The number of benzene rings is 2. The average molecular weight is 1190 g/mol. The first-order chi connectivity index (χ1) is 40.3. The summed E-state index contributed by atoms with van der Waals surface area (Å²) in [6.45, 7) is 4.24. The maximum atomic E-state index is 14.3. The summed E-state index contributed by atoms with van der Waals surface area (Å²) in [6, 6.07) is 2.14. The molecular weight excluding hydrogens is 1110 g/mol. The lowest BCUT2D eigenvalue weighted by molar-refractivity contribution is -0.144. The number of para-hydroxylation sites is 1. The molecule has 85 heavy (non-hydrogen) atoms. The van der Waals surface area contributed by atoms with E-state index >= 15 is 0 Å². The van der Waals surface area contributed by atoms with Gasteiger partial charge in [-0.25, -0.2) is 4.79 Å². The van der Waals surface area contributed by atoms with Crippen LogP contribution in [0.2, 0.25) is 0 Å². The summed E-state index contributed by atoms with van der Waals surface area (Å²) in [7, 11) is 0. The van der Waals surface area contributed by atoms with Crippen LogP contribution in [0, 0.1) is 11.8 Å². The Morgan fingerprint density at radius 3 is 1.93 bits per heavy atom. The Balaban J connectivity index is 1.34. The highest BCUT2D eigenvalue weighted by Gasteiger charge is 2.40. The number of carbonyl (C=O) groups excluding carboxylic acids is 10. The van der Waals surface area contributed by atoms with Gasteiger partial charge >= 0.3 is 11.9 Å². The smallest absolute Gasteiger partial charge is 0.326 e. The van der Waals surface area contributed by atoms with Gasteiger partial charge in [-0.2, -0.15) is 0 Å². The van der Waals surface area contributed by atoms with Crippen molar-refractivity contribution in [3.05, 3.63) is 65.9 Å². The normalized spacial score (nSPS) is 15.4. The van der Waals surface area contributed by atoms with E-state index in [1.54, 1.807) is 58.2 Å². The number of H-pyrrole nitrogens is 1. The number of carbonyl (C=O) groups is 12. The van der Waals surface area contributed by atoms with Crippen molar-refractivity contribution >= 4 is 81.9 Å². The second-order valence-electron chi connectivity index (χ2n) is 21.5. The topological polar surface area (TPSA) is 465 Å². The van der Waals surface area contributed by atoms with Gasteiger partial charge in [0.05, 0.1) is 32.3 Å². The van der Waals surface area contributed by atoms with Gasteiger partial charge in [-0.15, -0.1) is 0 Å². The quantitative estimate of drug-likeness (QED) is 0.0261. The molecule has 1 saturated heterocycles. The first-order valence-corrected chi connectivity index (χ1v) is 28.1. The number of nitrogens with zero attached hydrogens (tertiary/aromatic N) is 1. The number of likely N-dealkylation sites (tertiary alicyclic amines) is 1. The van der Waals surface area contributed by atoms with E-state index in [1.165, 1.54) is 29.2 Å². The van der Waals surface area contributed by atoms with Crippen LogP contribution in [0.5, 0.6) is 5.75 Å². The molecule has 10 amide bonds. The number of fused-ring (bicyclic) bond motifs is 1. The van der Waals surface area contributed by atoms with E-state index in [0.717, 1.165) is 10.9 Å². The van der Waals surface area contributed by atoms with Crippen LogP contribution in [0.1, 0.15) is 90.2 Å². The Bertz CT molecular complexity index is 2830. The molecule has 29 heteroatoms. The van der Waals surface area contributed by atoms with E-state index in [9.17, 15) is 78.0 Å². The van der Waals surface area contributed by atoms with Crippen LogP contribution in [0.3, 0.4) is 0 Å². The molecule has 1 fully saturated rings. The van der Waals surface area contributed by atoms with Gasteiger partial charge in [-0.1, -0.05) is 64.4 Å². The van der Waals surface area contributed by atoms with Crippen molar-refractivity contribution in [2.75, 3.05) is 39.3 Å². The summed E-state index contributed by atoms with van der Waals surface area (Å²) in [5, 5.41) is 62.3. The molecule has 29 nitrogen and oxygen atoms in total. The maximum Gasteiger partial charge on any atom is 0.326 e. The molecule has 0 aliphatic carbocycles. The Hall–Kier alpha value is -8.70. The van der Waals surface area contributed by atoms with Crippen molar-refractivity contribution in [2.24, 2.45) is 23.3 Å². The molecule has 3 aromatic rings. The predicted molar refractivity (Wildman–Crippen MR) is 306 cm³/mol. The highest BCUT2D eigenvalue weighted by molar-refractivity contribution is 5.98. The minimum Gasteiger partial charge on any atom is -0.508 e. The summed E-state index contributed by atoms with van der Waals surface area (Å²) in [6.07, 6.45) is 2.38.